The van der Waals surface area contributed by atoms with E-state index in [1.165, 1.54) is 13.0 Å². The lowest BCUT2D eigenvalue weighted by Gasteiger charge is -2.40. The number of ether oxygens (including phenoxy) is 3. The third kappa shape index (κ3) is 3.82. The molecule has 0 N–H and O–H groups in total. The standard InChI is InChI=1S/C17H32N2O3/c1-14(2)19-7-4-16(12-19)20-13-15(3)18-8-5-17(6-9-18)21-10-11-22-17/h14-16H,4-13H2,1-3H3. The fourth-order valence-electron chi connectivity index (χ4n) is 3.83. The molecule has 3 rings (SSSR count). The second kappa shape index (κ2) is 7.14. The molecule has 0 amide bonds. The van der Waals surface area contributed by atoms with Gasteiger partial charge in [0.2, 0.25) is 0 Å². The molecule has 3 saturated heterocycles. The van der Waals surface area contributed by atoms with Crippen LogP contribution >= 0.6 is 0 Å². The van der Waals surface area contributed by atoms with E-state index in [2.05, 4.69) is 30.6 Å². The Morgan fingerprint density at radius 1 is 1.05 bits per heavy atom. The van der Waals surface area contributed by atoms with Crippen LogP contribution in [-0.2, 0) is 14.2 Å². The Hall–Kier alpha value is -0.200. The van der Waals surface area contributed by atoms with Gasteiger partial charge in [-0.2, -0.15) is 0 Å². The Kier molecular flexibility index (Phi) is 5.40. The monoisotopic (exact) mass is 312 g/mol. The lowest BCUT2D eigenvalue weighted by atomic mass is 10.0. The number of piperidine rings is 1. The van der Waals surface area contributed by atoms with E-state index >= 15 is 0 Å². The first kappa shape index (κ1) is 16.7. The van der Waals surface area contributed by atoms with Gasteiger partial charge in [0, 0.05) is 51.1 Å². The molecule has 3 aliphatic rings. The molecule has 5 heteroatoms. The molecule has 3 heterocycles. The van der Waals surface area contributed by atoms with Crippen molar-refractivity contribution in [3.8, 4) is 0 Å². The predicted molar refractivity (Wildman–Crippen MR) is 86.0 cm³/mol. The molecule has 0 bridgehead atoms. The molecule has 0 aliphatic carbocycles. The summed E-state index contributed by atoms with van der Waals surface area (Å²) in [6, 6.07) is 1.11. The van der Waals surface area contributed by atoms with E-state index in [1.807, 2.05) is 0 Å². The van der Waals surface area contributed by atoms with E-state index in [1.54, 1.807) is 0 Å². The zero-order valence-electron chi connectivity index (χ0n) is 14.4. The minimum Gasteiger partial charge on any atom is -0.375 e. The van der Waals surface area contributed by atoms with E-state index in [0.717, 1.165) is 52.3 Å². The van der Waals surface area contributed by atoms with E-state index < -0.39 is 0 Å². The normalized spacial score (nSPS) is 31.4. The van der Waals surface area contributed by atoms with Gasteiger partial charge in [0.05, 0.1) is 25.9 Å². The summed E-state index contributed by atoms with van der Waals surface area (Å²) in [7, 11) is 0. The maximum Gasteiger partial charge on any atom is 0.170 e. The minimum absolute atomic E-state index is 0.264. The summed E-state index contributed by atoms with van der Waals surface area (Å²) >= 11 is 0. The van der Waals surface area contributed by atoms with Crippen LogP contribution in [-0.4, -0.2) is 79.8 Å². The van der Waals surface area contributed by atoms with Crippen LogP contribution in [0.15, 0.2) is 0 Å². The molecule has 2 atom stereocenters. The summed E-state index contributed by atoms with van der Waals surface area (Å²) < 4.78 is 17.8. The molecule has 22 heavy (non-hydrogen) atoms. The molecule has 0 aromatic heterocycles. The van der Waals surface area contributed by atoms with Crippen LogP contribution < -0.4 is 0 Å². The molecule has 0 saturated carbocycles. The highest BCUT2D eigenvalue weighted by Gasteiger charge is 2.40. The van der Waals surface area contributed by atoms with E-state index in [0.29, 0.717) is 18.2 Å². The van der Waals surface area contributed by atoms with Gasteiger partial charge in [-0.15, -0.1) is 0 Å². The Balaban J connectivity index is 1.37. The highest BCUT2D eigenvalue weighted by Crippen LogP contribution is 2.32. The molecule has 5 nitrogen and oxygen atoms in total. The van der Waals surface area contributed by atoms with Crippen LogP contribution in [0.2, 0.25) is 0 Å². The largest absolute Gasteiger partial charge is 0.375 e. The fourth-order valence-corrected chi connectivity index (χ4v) is 3.83. The van der Waals surface area contributed by atoms with Gasteiger partial charge in [-0.1, -0.05) is 0 Å². The average molecular weight is 312 g/mol. The molecular formula is C17H32N2O3. The SMILES string of the molecule is CC(C)N1CCC(OCC(C)N2CCC3(CC2)OCCO3)C1. The van der Waals surface area contributed by atoms with E-state index in [4.69, 9.17) is 14.2 Å². The van der Waals surface area contributed by atoms with Gasteiger partial charge in [-0.25, -0.2) is 0 Å². The van der Waals surface area contributed by atoms with Crippen molar-refractivity contribution in [3.63, 3.8) is 0 Å². The Morgan fingerprint density at radius 2 is 1.73 bits per heavy atom. The van der Waals surface area contributed by atoms with Gasteiger partial charge < -0.3 is 14.2 Å². The molecule has 1 spiro atoms. The number of hydrogen-bond acceptors (Lipinski definition) is 5. The summed E-state index contributed by atoms with van der Waals surface area (Å²) in [4.78, 5) is 5.03. The maximum atomic E-state index is 6.17. The van der Waals surface area contributed by atoms with Crippen LogP contribution in [0.3, 0.4) is 0 Å². The average Bonchev–Trinajstić information content (AvgIpc) is 3.15. The number of hydrogen-bond donors (Lipinski definition) is 0. The molecule has 2 unspecified atom stereocenters. The smallest absolute Gasteiger partial charge is 0.170 e. The third-order valence-corrected chi connectivity index (χ3v) is 5.48. The van der Waals surface area contributed by atoms with Gasteiger partial charge in [-0.3, -0.25) is 9.80 Å². The lowest BCUT2D eigenvalue weighted by Crippen LogP contribution is -2.49. The Morgan fingerprint density at radius 3 is 2.32 bits per heavy atom. The first-order valence-electron chi connectivity index (χ1n) is 8.96. The van der Waals surface area contributed by atoms with Gasteiger partial charge in [0.25, 0.3) is 0 Å². The van der Waals surface area contributed by atoms with Gasteiger partial charge in [0.15, 0.2) is 5.79 Å². The topological polar surface area (TPSA) is 34.2 Å². The van der Waals surface area contributed by atoms with Gasteiger partial charge >= 0.3 is 0 Å². The predicted octanol–water partition coefficient (Wildman–Crippen LogP) is 1.71. The van der Waals surface area contributed by atoms with Crippen LogP contribution in [0.4, 0.5) is 0 Å². The van der Waals surface area contributed by atoms with Crippen LogP contribution in [0, 0.1) is 0 Å². The molecule has 128 valence electrons. The van der Waals surface area contributed by atoms with Crippen molar-refractivity contribution in [3.05, 3.63) is 0 Å². The Bertz CT molecular complexity index is 348. The van der Waals surface area contributed by atoms with E-state index in [-0.39, 0.29) is 5.79 Å². The first-order chi connectivity index (χ1) is 10.6. The Labute approximate surface area is 134 Å². The summed E-state index contributed by atoms with van der Waals surface area (Å²) in [5.74, 6) is -0.264. The molecular weight excluding hydrogens is 280 g/mol. The lowest BCUT2D eigenvalue weighted by molar-refractivity contribution is -0.189. The maximum absolute atomic E-state index is 6.17. The molecule has 0 radical (unpaired) electrons. The summed E-state index contributed by atoms with van der Waals surface area (Å²) in [6.45, 7) is 13.5. The number of rotatable bonds is 5. The highest BCUT2D eigenvalue weighted by atomic mass is 16.7. The van der Waals surface area contributed by atoms with Crippen molar-refractivity contribution in [2.45, 2.75) is 64.0 Å². The van der Waals surface area contributed by atoms with Crippen LogP contribution in [0.1, 0.15) is 40.0 Å². The number of nitrogens with zero attached hydrogens (tertiary/aromatic N) is 2. The van der Waals surface area contributed by atoms with Crippen LogP contribution in [0.25, 0.3) is 0 Å². The highest BCUT2D eigenvalue weighted by molar-refractivity contribution is 4.85. The second-order valence-electron chi connectivity index (χ2n) is 7.33. The molecule has 3 fully saturated rings. The van der Waals surface area contributed by atoms with E-state index in [9.17, 15) is 0 Å². The third-order valence-electron chi connectivity index (χ3n) is 5.48. The minimum atomic E-state index is -0.264. The van der Waals surface area contributed by atoms with Crippen molar-refractivity contribution in [2.24, 2.45) is 0 Å². The molecule has 0 aromatic rings. The van der Waals surface area contributed by atoms with Crippen molar-refractivity contribution in [2.75, 3.05) is 46.0 Å². The van der Waals surface area contributed by atoms with Crippen molar-refractivity contribution in [1.82, 2.24) is 9.80 Å². The van der Waals surface area contributed by atoms with Gasteiger partial charge in [-0.05, 0) is 27.2 Å². The first-order valence-corrected chi connectivity index (χ1v) is 8.96. The fraction of sp³-hybridized carbons (Fsp3) is 1.00. The quantitative estimate of drug-likeness (QED) is 0.772. The van der Waals surface area contributed by atoms with Crippen molar-refractivity contribution >= 4 is 0 Å². The number of likely N-dealkylation sites (tertiary alicyclic amines) is 2. The zero-order chi connectivity index (χ0) is 15.6. The molecule has 3 aliphatic heterocycles. The summed E-state index contributed by atoms with van der Waals surface area (Å²) in [5, 5.41) is 0. The summed E-state index contributed by atoms with van der Waals surface area (Å²) in [5.41, 5.74) is 0. The van der Waals surface area contributed by atoms with Crippen molar-refractivity contribution < 1.29 is 14.2 Å². The summed E-state index contributed by atoms with van der Waals surface area (Å²) in [6.07, 6.45) is 3.57. The zero-order valence-corrected chi connectivity index (χ0v) is 14.4. The second-order valence-corrected chi connectivity index (χ2v) is 7.33. The van der Waals surface area contributed by atoms with Gasteiger partial charge in [0.1, 0.15) is 0 Å². The van der Waals surface area contributed by atoms with Crippen molar-refractivity contribution in [1.29, 1.82) is 0 Å². The van der Waals surface area contributed by atoms with Crippen LogP contribution in [0.5, 0.6) is 0 Å². The molecule has 0 aromatic carbocycles.